The van der Waals surface area contributed by atoms with Gasteiger partial charge in [-0.1, -0.05) is 18.2 Å². The smallest absolute Gasteiger partial charge is 0.254 e. The molecular formula is C23H23F2N3O2S. The molecule has 0 saturated carbocycles. The van der Waals surface area contributed by atoms with Crippen LogP contribution in [0.3, 0.4) is 0 Å². The van der Waals surface area contributed by atoms with Crippen molar-refractivity contribution in [1.29, 1.82) is 0 Å². The number of morpholine rings is 1. The van der Waals surface area contributed by atoms with E-state index in [0.29, 0.717) is 53.9 Å². The molecule has 2 aliphatic rings. The van der Waals surface area contributed by atoms with E-state index in [1.54, 1.807) is 47.9 Å². The van der Waals surface area contributed by atoms with Crippen LogP contribution in [0.15, 0.2) is 53.7 Å². The Balaban J connectivity index is 1.82. The van der Waals surface area contributed by atoms with Crippen LogP contribution < -0.4 is 10.2 Å². The Morgan fingerprint density at radius 1 is 1.10 bits per heavy atom. The third-order valence-electron chi connectivity index (χ3n) is 5.63. The molecule has 1 saturated heterocycles. The third-order valence-corrected chi connectivity index (χ3v) is 5.93. The minimum atomic E-state index is -0.546. The number of benzene rings is 2. The SMILES string of the molecule is CC1=C(C(=O)N2CCOCC2)C(c2ccc(F)cc2)NC(=S)N1c1ccc(C)c(F)c1. The van der Waals surface area contributed by atoms with Crippen LogP contribution in [0.2, 0.25) is 0 Å². The number of halogens is 2. The van der Waals surface area contributed by atoms with E-state index in [-0.39, 0.29) is 17.5 Å². The average molecular weight is 444 g/mol. The van der Waals surface area contributed by atoms with Gasteiger partial charge in [-0.2, -0.15) is 0 Å². The molecule has 1 amide bonds. The fraction of sp³-hybridized carbons (Fsp3) is 0.304. The van der Waals surface area contributed by atoms with Gasteiger partial charge < -0.3 is 15.0 Å². The molecule has 0 radical (unpaired) electrons. The van der Waals surface area contributed by atoms with Crippen molar-refractivity contribution in [1.82, 2.24) is 10.2 Å². The summed E-state index contributed by atoms with van der Waals surface area (Å²) >= 11 is 5.60. The molecule has 1 unspecified atom stereocenters. The summed E-state index contributed by atoms with van der Waals surface area (Å²) < 4.78 is 33.2. The second kappa shape index (κ2) is 8.72. The van der Waals surface area contributed by atoms with Crippen molar-refractivity contribution in [2.75, 3.05) is 31.2 Å². The summed E-state index contributed by atoms with van der Waals surface area (Å²) in [4.78, 5) is 17.0. The second-order valence-corrected chi connectivity index (χ2v) is 7.99. The topological polar surface area (TPSA) is 44.8 Å². The molecule has 0 aliphatic carbocycles. The molecule has 2 aromatic rings. The molecule has 1 N–H and O–H groups in total. The van der Waals surface area contributed by atoms with E-state index in [1.165, 1.54) is 18.2 Å². The van der Waals surface area contributed by atoms with Gasteiger partial charge in [0.1, 0.15) is 11.6 Å². The lowest BCUT2D eigenvalue weighted by Crippen LogP contribution is -2.51. The summed E-state index contributed by atoms with van der Waals surface area (Å²) in [5.74, 6) is -0.863. The molecule has 2 aliphatic heterocycles. The number of aryl methyl sites for hydroxylation is 1. The predicted octanol–water partition coefficient (Wildman–Crippen LogP) is 3.84. The standard InChI is InChI=1S/C23H23F2N3O2S/c1-14-3-8-18(13-19(14)25)28-15(2)20(22(29)27-9-11-30-12-10-27)21(26-23(28)31)16-4-6-17(24)7-5-16/h3-8,13,21H,9-12H2,1-2H3,(H,26,31). The number of ether oxygens (including phenoxy) is 1. The Morgan fingerprint density at radius 3 is 2.42 bits per heavy atom. The van der Waals surface area contributed by atoms with Gasteiger partial charge in [0.25, 0.3) is 5.91 Å². The molecule has 8 heteroatoms. The zero-order valence-corrected chi connectivity index (χ0v) is 18.1. The highest BCUT2D eigenvalue weighted by atomic mass is 32.1. The quantitative estimate of drug-likeness (QED) is 0.731. The van der Waals surface area contributed by atoms with E-state index in [4.69, 9.17) is 17.0 Å². The van der Waals surface area contributed by atoms with Crippen LogP contribution in [0.1, 0.15) is 24.1 Å². The molecular weight excluding hydrogens is 420 g/mol. The van der Waals surface area contributed by atoms with E-state index >= 15 is 0 Å². The monoisotopic (exact) mass is 443 g/mol. The molecule has 5 nitrogen and oxygen atoms in total. The van der Waals surface area contributed by atoms with E-state index in [2.05, 4.69) is 5.32 Å². The number of nitrogens with zero attached hydrogens (tertiary/aromatic N) is 2. The van der Waals surface area contributed by atoms with E-state index < -0.39 is 6.04 Å². The average Bonchev–Trinajstić information content (AvgIpc) is 2.76. The number of rotatable bonds is 3. The van der Waals surface area contributed by atoms with Crippen LogP contribution in [-0.2, 0) is 9.53 Å². The van der Waals surface area contributed by atoms with Crippen molar-refractivity contribution in [3.63, 3.8) is 0 Å². The molecule has 1 atom stereocenters. The van der Waals surface area contributed by atoms with Gasteiger partial charge in [-0.15, -0.1) is 0 Å². The van der Waals surface area contributed by atoms with Gasteiger partial charge in [-0.3, -0.25) is 9.69 Å². The highest BCUT2D eigenvalue weighted by Gasteiger charge is 2.37. The Bertz CT molecular complexity index is 1050. The summed E-state index contributed by atoms with van der Waals surface area (Å²) in [5.41, 5.74) is 2.87. The van der Waals surface area contributed by atoms with Crippen LogP contribution >= 0.6 is 12.2 Å². The van der Waals surface area contributed by atoms with Crippen molar-refractivity contribution in [2.45, 2.75) is 19.9 Å². The predicted molar refractivity (Wildman–Crippen MR) is 119 cm³/mol. The minimum absolute atomic E-state index is 0.150. The number of carbonyl (C=O) groups is 1. The maximum atomic E-state index is 14.3. The summed E-state index contributed by atoms with van der Waals surface area (Å²) in [6, 6.07) is 10.3. The maximum Gasteiger partial charge on any atom is 0.254 e. The third kappa shape index (κ3) is 4.18. The number of carbonyl (C=O) groups excluding carboxylic acids is 1. The molecule has 2 aromatic carbocycles. The van der Waals surface area contributed by atoms with Crippen molar-refractivity contribution in [3.05, 3.63) is 76.5 Å². The summed E-state index contributed by atoms with van der Waals surface area (Å²) in [6.45, 7) is 5.39. The Morgan fingerprint density at radius 2 is 1.77 bits per heavy atom. The fourth-order valence-electron chi connectivity index (χ4n) is 3.89. The van der Waals surface area contributed by atoms with E-state index in [1.807, 2.05) is 0 Å². The van der Waals surface area contributed by atoms with Crippen LogP contribution in [0.5, 0.6) is 0 Å². The van der Waals surface area contributed by atoms with Crippen LogP contribution in [-0.4, -0.2) is 42.2 Å². The van der Waals surface area contributed by atoms with Gasteiger partial charge in [-0.05, 0) is 61.5 Å². The molecule has 0 aromatic heterocycles. The fourth-order valence-corrected chi connectivity index (χ4v) is 4.25. The zero-order chi connectivity index (χ0) is 22.1. The van der Waals surface area contributed by atoms with Crippen molar-refractivity contribution in [3.8, 4) is 0 Å². The molecule has 162 valence electrons. The van der Waals surface area contributed by atoms with Gasteiger partial charge in [0.15, 0.2) is 5.11 Å². The molecule has 31 heavy (non-hydrogen) atoms. The van der Waals surface area contributed by atoms with Crippen molar-refractivity contribution in [2.24, 2.45) is 0 Å². The van der Waals surface area contributed by atoms with Crippen LogP contribution in [0.4, 0.5) is 14.5 Å². The maximum absolute atomic E-state index is 14.3. The summed E-state index contributed by atoms with van der Waals surface area (Å²) in [7, 11) is 0. The molecule has 0 spiro atoms. The van der Waals surface area contributed by atoms with Crippen molar-refractivity contribution < 1.29 is 18.3 Å². The second-order valence-electron chi connectivity index (χ2n) is 7.61. The highest BCUT2D eigenvalue weighted by Crippen LogP contribution is 2.35. The Hall–Kier alpha value is -2.84. The number of anilines is 1. The number of thiocarbonyl (C=S) groups is 1. The first-order valence-corrected chi connectivity index (χ1v) is 10.5. The number of allylic oxidation sites excluding steroid dienone is 1. The summed E-state index contributed by atoms with van der Waals surface area (Å²) in [5, 5.41) is 3.55. The van der Waals surface area contributed by atoms with Crippen LogP contribution in [0, 0.1) is 18.6 Å². The molecule has 2 heterocycles. The Labute approximate surface area is 185 Å². The lowest BCUT2D eigenvalue weighted by atomic mass is 9.93. The number of hydrogen-bond donors (Lipinski definition) is 1. The zero-order valence-electron chi connectivity index (χ0n) is 17.3. The highest BCUT2D eigenvalue weighted by molar-refractivity contribution is 7.80. The first-order chi connectivity index (χ1) is 14.9. The minimum Gasteiger partial charge on any atom is -0.378 e. The number of amides is 1. The summed E-state index contributed by atoms with van der Waals surface area (Å²) in [6.07, 6.45) is 0. The molecule has 0 bridgehead atoms. The number of nitrogens with one attached hydrogen (secondary N) is 1. The van der Waals surface area contributed by atoms with E-state index in [0.717, 1.165) is 5.56 Å². The van der Waals surface area contributed by atoms with E-state index in [9.17, 15) is 13.6 Å². The number of hydrogen-bond acceptors (Lipinski definition) is 3. The van der Waals surface area contributed by atoms with Crippen LogP contribution in [0.25, 0.3) is 0 Å². The van der Waals surface area contributed by atoms with Gasteiger partial charge >= 0.3 is 0 Å². The van der Waals surface area contributed by atoms with Gasteiger partial charge in [0.05, 0.1) is 30.5 Å². The molecule has 4 rings (SSSR count). The van der Waals surface area contributed by atoms with Crippen molar-refractivity contribution >= 4 is 28.9 Å². The van der Waals surface area contributed by atoms with Gasteiger partial charge in [0.2, 0.25) is 0 Å². The largest absolute Gasteiger partial charge is 0.378 e. The lowest BCUT2D eigenvalue weighted by molar-refractivity contribution is -0.131. The van der Waals surface area contributed by atoms with Gasteiger partial charge in [0, 0.05) is 18.8 Å². The molecule has 1 fully saturated rings. The normalized spacial score (nSPS) is 19.5. The first-order valence-electron chi connectivity index (χ1n) is 10.1. The van der Waals surface area contributed by atoms with Gasteiger partial charge in [-0.25, -0.2) is 8.78 Å². The lowest BCUT2D eigenvalue weighted by Gasteiger charge is -2.40. The first kappa shape index (κ1) is 21.4. The Kier molecular flexibility index (Phi) is 6.02.